The predicted octanol–water partition coefficient (Wildman–Crippen LogP) is 0.759. The minimum absolute atomic E-state index is 0.0396. The first-order chi connectivity index (χ1) is 13.0. The van der Waals surface area contributed by atoms with Gasteiger partial charge >= 0.3 is 5.69 Å². The molecule has 2 saturated heterocycles. The molecule has 2 aliphatic heterocycles. The first-order valence-corrected chi connectivity index (χ1v) is 10.2. The molecule has 0 radical (unpaired) electrons. The Kier molecular flexibility index (Phi) is 6.70. The Hall–Kier alpha value is -1.67. The molecule has 0 N–H and O–H groups in total. The topological polar surface area (TPSA) is 72.6 Å². The quantitative estimate of drug-likeness (QED) is 0.730. The van der Waals surface area contributed by atoms with E-state index >= 15 is 0 Å². The van der Waals surface area contributed by atoms with Crippen LogP contribution in [-0.4, -0.2) is 77.0 Å². The molecule has 152 valence electrons. The monoisotopic (exact) mass is 379 g/mol. The van der Waals surface area contributed by atoms with Gasteiger partial charge in [-0.3, -0.25) is 9.36 Å². The molecule has 3 rings (SSSR count). The smallest absolute Gasteiger partial charge is 0.345 e. The van der Waals surface area contributed by atoms with Crippen molar-refractivity contribution in [2.75, 3.05) is 46.9 Å². The van der Waals surface area contributed by atoms with Crippen molar-refractivity contribution in [3.63, 3.8) is 0 Å². The fourth-order valence-corrected chi connectivity index (χ4v) is 4.09. The van der Waals surface area contributed by atoms with Crippen LogP contribution in [0.2, 0.25) is 0 Å². The summed E-state index contributed by atoms with van der Waals surface area (Å²) in [6.45, 7) is 6.79. The van der Waals surface area contributed by atoms with Gasteiger partial charge in [0.05, 0.1) is 6.54 Å². The largest absolute Gasteiger partial charge is 0.381 e. The number of likely N-dealkylation sites (N-methyl/N-ethyl adjacent to an activating group) is 1. The van der Waals surface area contributed by atoms with Gasteiger partial charge in [0.1, 0.15) is 5.82 Å². The first kappa shape index (κ1) is 20.1. The lowest BCUT2D eigenvalue weighted by Crippen LogP contribution is -2.44. The molecule has 2 aliphatic rings. The van der Waals surface area contributed by atoms with Crippen LogP contribution in [0.1, 0.15) is 44.3 Å². The molecular weight excluding hydrogens is 346 g/mol. The summed E-state index contributed by atoms with van der Waals surface area (Å²) in [7, 11) is 3.98. The van der Waals surface area contributed by atoms with Crippen molar-refractivity contribution >= 4 is 5.91 Å². The third-order valence-electron chi connectivity index (χ3n) is 5.70. The molecule has 1 aromatic heterocycles. The first-order valence-electron chi connectivity index (χ1n) is 10.2. The van der Waals surface area contributed by atoms with Gasteiger partial charge in [-0.2, -0.15) is 5.10 Å². The van der Waals surface area contributed by atoms with Crippen LogP contribution >= 0.6 is 0 Å². The Labute approximate surface area is 161 Å². The molecule has 2 fully saturated rings. The number of carbonyl (C=O) groups excluding carboxylic acids is 1. The molecule has 1 aromatic rings. The molecule has 0 spiro atoms. The fraction of sp³-hybridized carbons (Fsp3) is 0.842. The zero-order valence-electron chi connectivity index (χ0n) is 16.9. The number of hydrogen-bond acceptors (Lipinski definition) is 5. The summed E-state index contributed by atoms with van der Waals surface area (Å²) in [5.41, 5.74) is -0.0396. The molecule has 8 heteroatoms. The molecule has 0 bridgehead atoms. The van der Waals surface area contributed by atoms with Crippen LogP contribution < -0.4 is 5.69 Å². The molecule has 1 amide bonds. The molecule has 27 heavy (non-hydrogen) atoms. The van der Waals surface area contributed by atoms with Gasteiger partial charge in [-0.15, -0.1) is 0 Å². The maximum absolute atomic E-state index is 12.9. The number of piperidine rings is 1. The number of carbonyl (C=O) groups is 1. The summed E-state index contributed by atoms with van der Waals surface area (Å²) in [5, 5.41) is 4.66. The molecule has 3 heterocycles. The Bertz CT molecular complexity index is 690. The number of rotatable bonds is 6. The fourth-order valence-electron chi connectivity index (χ4n) is 4.09. The highest BCUT2D eigenvalue weighted by molar-refractivity contribution is 5.79. The summed E-state index contributed by atoms with van der Waals surface area (Å²) in [5.74, 6) is 1.31. The van der Waals surface area contributed by atoms with Crippen LogP contribution in [0.4, 0.5) is 0 Å². The van der Waals surface area contributed by atoms with Gasteiger partial charge in [0.25, 0.3) is 0 Å². The SMILES string of the molecule is CCn1c([C@@H]2CCCN(C(=O)C3CCOCC3)C2)nn(CCN(C)C)c1=O. The van der Waals surface area contributed by atoms with Gasteiger partial charge in [-0.25, -0.2) is 9.48 Å². The maximum atomic E-state index is 12.9. The Morgan fingerprint density at radius 1 is 1.26 bits per heavy atom. The summed E-state index contributed by atoms with van der Waals surface area (Å²) < 4.78 is 8.75. The Balaban J connectivity index is 1.74. The van der Waals surface area contributed by atoms with E-state index in [1.54, 1.807) is 9.25 Å². The van der Waals surface area contributed by atoms with Crippen LogP contribution in [0.25, 0.3) is 0 Å². The van der Waals surface area contributed by atoms with E-state index in [9.17, 15) is 9.59 Å². The van der Waals surface area contributed by atoms with Crippen LogP contribution in [0, 0.1) is 5.92 Å². The van der Waals surface area contributed by atoms with Crippen molar-refractivity contribution in [2.24, 2.45) is 5.92 Å². The highest BCUT2D eigenvalue weighted by Crippen LogP contribution is 2.28. The third-order valence-corrected chi connectivity index (χ3v) is 5.70. The van der Waals surface area contributed by atoms with Gasteiger partial charge in [-0.05, 0) is 46.7 Å². The second-order valence-electron chi connectivity index (χ2n) is 7.92. The lowest BCUT2D eigenvalue weighted by Gasteiger charge is -2.35. The maximum Gasteiger partial charge on any atom is 0.345 e. The number of amides is 1. The van der Waals surface area contributed by atoms with E-state index in [2.05, 4.69) is 5.10 Å². The molecule has 0 unspecified atom stereocenters. The number of ether oxygens (including phenoxy) is 1. The van der Waals surface area contributed by atoms with Gasteiger partial charge in [0.15, 0.2) is 0 Å². The van der Waals surface area contributed by atoms with E-state index in [1.165, 1.54) is 0 Å². The summed E-state index contributed by atoms with van der Waals surface area (Å²) in [6.07, 6.45) is 3.57. The average molecular weight is 380 g/mol. The predicted molar refractivity (Wildman–Crippen MR) is 103 cm³/mol. The van der Waals surface area contributed by atoms with Crippen molar-refractivity contribution in [1.29, 1.82) is 0 Å². The Morgan fingerprint density at radius 2 is 2.00 bits per heavy atom. The van der Waals surface area contributed by atoms with Gasteiger partial charge in [0.2, 0.25) is 5.91 Å². The van der Waals surface area contributed by atoms with Crippen molar-refractivity contribution < 1.29 is 9.53 Å². The van der Waals surface area contributed by atoms with E-state index < -0.39 is 0 Å². The molecule has 8 nitrogen and oxygen atoms in total. The summed E-state index contributed by atoms with van der Waals surface area (Å²) in [4.78, 5) is 29.6. The average Bonchev–Trinajstić information content (AvgIpc) is 3.02. The number of aromatic nitrogens is 3. The van der Waals surface area contributed by atoms with Gasteiger partial charge in [0, 0.05) is 51.2 Å². The van der Waals surface area contributed by atoms with E-state index in [0.29, 0.717) is 32.8 Å². The van der Waals surface area contributed by atoms with Gasteiger partial charge < -0.3 is 14.5 Å². The van der Waals surface area contributed by atoms with E-state index in [-0.39, 0.29) is 23.4 Å². The minimum Gasteiger partial charge on any atom is -0.381 e. The van der Waals surface area contributed by atoms with Crippen molar-refractivity contribution in [3.8, 4) is 0 Å². The minimum atomic E-state index is -0.0396. The second-order valence-corrected chi connectivity index (χ2v) is 7.92. The van der Waals surface area contributed by atoms with Crippen LogP contribution in [0.15, 0.2) is 4.79 Å². The molecular formula is C19H33N5O3. The van der Waals surface area contributed by atoms with Crippen molar-refractivity contribution in [2.45, 2.75) is 51.6 Å². The highest BCUT2D eigenvalue weighted by Gasteiger charge is 2.32. The molecule has 0 aromatic carbocycles. The zero-order chi connectivity index (χ0) is 19.4. The number of hydrogen-bond donors (Lipinski definition) is 0. The highest BCUT2D eigenvalue weighted by atomic mass is 16.5. The second kappa shape index (κ2) is 9.01. The third kappa shape index (κ3) is 4.60. The molecule has 1 atom stereocenters. The number of nitrogens with zero attached hydrogens (tertiary/aromatic N) is 5. The molecule has 0 aliphatic carbocycles. The van der Waals surface area contributed by atoms with Crippen LogP contribution in [0.3, 0.4) is 0 Å². The summed E-state index contributed by atoms with van der Waals surface area (Å²) >= 11 is 0. The van der Waals surface area contributed by atoms with E-state index in [1.807, 2.05) is 30.8 Å². The zero-order valence-corrected chi connectivity index (χ0v) is 16.9. The van der Waals surface area contributed by atoms with Crippen LogP contribution in [0.5, 0.6) is 0 Å². The van der Waals surface area contributed by atoms with E-state index in [0.717, 1.165) is 44.6 Å². The summed E-state index contributed by atoms with van der Waals surface area (Å²) in [6, 6.07) is 0. The lowest BCUT2D eigenvalue weighted by atomic mass is 9.93. The van der Waals surface area contributed by atoms with Gasteiger partial charge in [-0.1, -0.05) is 0 Å². The Morgan fingerprint density at radius 3 is 2.67 bits per heavy atom. The lowest BCUT2D eigenvalue weighted by molar-refractivity contribution is -0.139. The van der Waals surface area contributed by atoms with Crippen molar-refractivity contribution in [3.05, 3.63) is 16.3 Å². The number of likely N-dealkylation sites (tertiary alicyclic amines) is 1. The van der Waals surface area contributed by atoms with Crippen molar-refractivity contribution in [1.82, 2.24) is 24.1 Å². The molecule has 0 saturated carbocycles. The van der Waals surface area contributed by atoms with Crippen LogP contribution in [-0.2, 0) is 22.6 Å². The normalized spacial score (nSPS) is 21.8. The standard InChI is InChI=1S/C19H33N5O3/c1-4-23-17(20-24(19(23)26)11-10-21(2)3)16-6-5-9-22(14-16)18(25)15-7-12-27-13-8-15/h15-16H,4-14H2,1-3H3/t16-/m1/s1. The van der Waals surface area contributed by atoms with E-state index in [4.69, 9.17) is 4.74 Å².